The number of nitrogens with one attached hydrogen (secondary N) is 1. The van der Waals surface area contributed by atoms with Crippen molar-refractivity contribution in [3.63, 3.8) is 0 Å². The van der Waals surface area contributed by atoms with Crippen molar-refractivity contribution < 1.29 is 0 Å². The van der Waals surface area contributed by atoms with E-state index in [2.05, 4.69) is 26.6 Å². The van der Waals surface area contributed by atoms with Crippen LogP contribution in [0.5, 0.6) is 0 Å². The van der Waals surface area contributed by atoms with Crippen molar-refractivity contribution in [2.24, 2.45) is 0 Å². The summed E-state index contributed by atoms with van der Waals surface area (Å²) in [6.45, 7) is 1.95. The highest BCUT2D eigenvalue weighted by molar-refractivity contribution is 7.16. The van der Waals surface area contributed by atoms with Gasteiger partial charge >= 0.3 is 0 Å². The molecule has 108 valence electrons. The second-order valence-electron chi connectivity index (χ2n) is 5.27. The molecule has 0 aromatic carbocycles. The molecule has 3 heterocycles. The van der Waals surface area contributed by atoms with Crippen molar-refractivity contribution in [3.8, 4) is 0 Å². The summed E-state index contributed by atoms with van der Waals surface area (Å²) in [4.78, 5) is 5.98. The Labute approximate surface area is 131 Å². The van der Waals surface area contributed by atoms with Gasteiger partial charge in [0.25, 0.3) is 0 Å². The highest BCUT2D eigenvalue weighted by atomic mass is 35.5. The smallest absolute Gasteiger partial charge is 0.165 e. The van der Waals surface area contributed by atoms with Gasteiger partial charge in [0.2, 0.25) is 0 Å². The van der Waals surface area contributed by atoms with Gasteiger partial charge < -0.3 is 5.32 Å². The fraction of sp³-hybridized carbons (Fsp3) is 0.357. The minimum absolute atomic E-state index is 0.273. The monoisotopic (exact) mass is 319 g/mol. The maximum absolute atomic E-state index is 6.16. The van der Waals surface area contributed by atoms with Crippen molar-refractivity contribution >= 4 is 34.4 Å². The molecular weight excluding hydrogens is 306 g/mol. The molecule has 1 aliphatic carbocycles. The summed E-state index contributed by atoms with van der Waals surface area (Å²) < 4.78 is 2.74. The summed E-state index contributed by atoms with van der Waals surface area (Å²) in [5.41, 5.74) is 2.13. The summed E-state index contributed by atoms with van der Waals surface area (Å²) >= 11 is 7.85. The van der Waals surface area contributed by atoms with Gasteiger partial charge in [0.15, 0.2) is 5.65 Å². The molecule has 1 N–H and O–H groups in total. The third-order valence-electron chi connectivity index (χ3n) is 3.88. The van der Waals surface area contributed by atoms with Gasteiger partial charge in [0, 0.05) is 10.9 Å². The fourth-order valence-electron chi connectivity index (χ4n) is 2.90. The topological polar surface area (TPSA) is 55.1 Å². The molecule has 0 fully saturated rings. The van der Waals surface area contributed by atoms with Crippen LogP contribution in [0.15, 0.2) is 18.5 Å². The predicted molar refractivity (Wildman–Crippen MR) is 84.1 cm³/mol. The van der Waals surface area contributed by atoms with Crippen molar-refractivity contribution in [1.82, 2.24) is 19.6 Å². The van der Waals surface area contributed by atoms with Crippen LogP contribution in [0.2, 0.25) is 4.34 Å². The first-order valence-corrected chi connectivity index (χ1v) is 8.12. The molecule has 0 radical (unpaired) electrons. The number of aryl methyl sites for hydroxylation is 2. The average molecular weight is 320 g/mol. The summed E-state index contributed by atoms with van der Waals surface area (Å²) in [5, 5.41) is 11.5. The van der Waals surface area contributed by atoms with Crippen molar-refractivity contribution in [2.75, 3.05) is 5.32 Å². The number of thiophene rings is 1. The molecule has 21 heavy (non-hydrogen) atoms. The van der Waals surface area contributed by atoms with Crippen LogP contribution in [0, 0.1) is 6.92 Å². The van der Waals surface area contributed by atoms with Gasteiger partial charge in [0.05, 0.1) is 10.4 Å². The van der Waals surface area contributed by atoms with E-state index in [0.717, 1.165) is 34.5 Å². The zero-order chi connectivity index (χ0) is 14.4. The number of anilines is 1. The summed E-state index contributed by atoms with van der Waals surface area (Å²) in [6, 6.07) is 4.29. The second kappa shape index (κ2) is 4.96. The van der Waals surface area contributed by atoms with E-state index in [9.17, 15) is 0 Å². The van der Waals surface area contributed by atoms with Crippen LogP contribution in [-0.4, -0.2) is 19.6 Å². The van der Waals surface area contributed by atoms with Gasteiger partial charge in [-0.25, -0.2) is 4.98 Å². The minimum atomic E-state index is 0.273. The van der Waals surface area contributed by atoms with E-state index in [-0.39, 0.29) is 6.04 Å². The third kappa shape index (κ3) is 2.28. The van der Waals surface area contributed by atoms with Crippen molar-refractivity contribution in [1.29, 1.82) is 0 Å². The molecule has 0 amide bonds. The molecule has 1 atom stereocenters. The van der Waals surface area contributed by atoms with Crippen LogP contribution in [0.4, 0.5) is 5.82 Å². The first-order chi connectivity index (χ1) is 10.2. The Morgan fingerprint density at radius 1 is 1.43 bits per heavy atom. The van der Waals surface area contributed by atoms with E-state index in [1.54, 1.807) is 17.7 Å². The summed E-state index contributed by atoms with van der Waals surface area (Å²) in [6.07, 6.45) is 5.08. The zero-order valence-electron chi connectivity index (χ0n) is 11.5. The van der Waals surface area contributed by atoms with Gasteiger partial charge in [-0.2, -0.15) is 0 Å². The number of hydrogen-bond donors (Lipinski definition) is 1. The van der Waals surface area contributed by atoms with Gasteiger partial charge in [-0.1, -0.05) is 11.6 Å². The Bertz CT molecular complexity index is 809. The first kappa shape index (κ1) is 13.0. The number of nitrogens with zero attached hydrogens (tertiary/aromatic N) is 4. The molecule has 3 aromatic heterocycles. The molecule has 0 bridgehead atoms. The third-order valence-corrected chi connectivity index (χ3v) is 5.22. The Balaban J connectivity index is 1.68. The van der Waals surface area contributed by atoms with Gasteiger partial charge in [-0.3, -0.25) is 4.40 Å². The van der Waals surface area contributed by atoms with E-state index < -0.39 is 0 Å². The number of rotatable bonds is 2. The van der Waals surface area contributed by atoms with Crippen LogP contribution in [0.3, 0.4) is 0 Å². The van der Waals surface area contributed by atoms with Crippen molar-refractivity contribution in [3.05, 3.63) is 39.1 Å². The number of fused-ring (bicyclic) bond motifs is 2. The Kier molecular flexibility index (Phi) is 3.08. The molecule has 0 saturated heterocycles. The molecule has 4 rings (SSSR count). The van der Waals surface area contributed by atoms with E-state index >= 15 is 0 Å². The summed E-state index contributed by atoms with van der Waals surface area (Å²) in [7, 11) is 0. The summed E-state index contributed by atoms with van der Waals surface area (Å²) in [5.74, 6) is 1.72. The average Bonchev–Trinajstić information content (AvgIpc) is 3.04. The van der Waals surface area contributed by atoms with Crippen LogP contribution in [0.25, 0.3) is 5.65 Å². The fourth-order valence-corrected chi connectivity index (χ4v) is 4.28. The highest BCUT2D eigenvalue weighted by Gasteiger charge is 2.23. The van der Waals surface area contributed by atoms with Crippen molar-refractivity contribution in [2.45, 2.75) is 32.2 Å². The van der Waals surface area contributed by atoms with Gasteiger partial charge in [-0.05, 0) is 37.8 Å². The maximum atomic E-state index is 6.16. The first-order valence-electron chi connectivity index (χ1n) is 6.93. The maximum Gasteiger partial charge on any atom is 0.165 e. The van der Waals surface area contributed by atoms with Crippen LogP contribution < -0.4 is 5.32 Å². The quantitative estimate of drug-likeness (QED) is 0.783. The lowest BCUT2D eigenvalue weighted by atomic mass is 9.94. The minimum Gasteiger partial charge on any atom is -0.363 e. The second-order valence-corrected chi connectivity index (χ2v) is 7.03. The Morgan fingerprint density at radius 2 is 2.33 bits per heavy atom. The van der Waals surface area contributed by atoms with Gasteiger partial charge in [-0.15, -0.1) is 21.5 Å². The molecule has 0 saturated carbocycles. The largest absolute Gasteiger partial charge is 0.363 e. The number of halogens is 1. The molecule has 0 aliphatic heterocycles. The lowest BCUT2D eigenvalue weighted by Gasteiger charge is -2.24. The molecular formula is C14H14ClN5S. The highest BCUT2D eigenvalue weighted by Crippen LogP contribution is 2.39. The van der Waals surface area contributed by atoms with Crippen LogP contribution >= 0.6 is 22.9 Å². The standard InChI is InChI=1S/C14H14ClN5S/c1-8-17-13(6-14-19-16-7-20(8)14)18-10-3-2-4-11-9(10)5-12(15)21-11/h5-7,10,18H,2-4H2,1H3. The molecule has 5 nitrogen and oxygen atoms in total. The number of aromatic nitrogens is 4. The van der Waals surface area contributed by atoms with E-state index in [1.165, 1.54) is 16.9 Å². The van der Waals surface area contributed by atoms with E-state index in [0.29, 0.717) is 0 Å². The lowest BCUT2D eigenvalue weighted by Crippen LogP contribution is -2.16. The zero-order valence-corrected chi connectivity index (χ0v) is 13.1. The van der Waals surface area contributed by atoms with E-state index in [1.807, 2.05) is 17.4 Å². The SMILES string of the molecule is Cc1nc(NC2CCCc3sc(Cl)cc32)cc2nncn12. The van der Waals surface area contributed by atoms with Crippen LogP contribution in [0.1, 0.15) is 35.1 Å². The lowest BCUT2D eigenvalue weighted by molar-refractivity contribution is 0.606. The Morgan fingerprint density at radius 3 is 3.24 bits per heavy atom. The normalized spacial score (nSPS) is 17.9. The predicted octanol–water partition coefficient (Wildman–Crippen LogP) is 3.64. The van der Waals surface area contributed by atoms with Gasteiger partial charge in [0.1, 0.15) is 18.0 Å². The Hall–Kier alpha value is -1.66. The van der Waals surface area contributed by atoms with Crippen LogP contribution in [-0.2, 0) is 6.42 Å². The molecule has 0 spiro atoms. The molecule has 1 unspecified atom stereocenters. The molecule has 1 aliphatic rings. The number of hydrogen-bond acceptors (Lipinski definition) is 5. The molecule has 7 heteroatoms. The molecule has 3 aromatic rings. The van der Waals surface area contributed by atoms with E-state index in [4.69, 9.17) is 11.6 Å².